The average Bonchev–Trinajstić information content (AvgIpc) is 3.33. The van der Waals surface area contributed by atoms with Crippen LogP contribution in [-0.2, 0) is 6.54 Å². The standard InChI is InChI=1S/C23H24N6O3/c1-13-5-10-18(14(2)11-13)25-22(30)20-21(24)29(28-27-20)12-19-15(3)32-23(26-19)16-6-8-17(31-4)9-7-16/h5-11H,12,24H2,1-4H3,(H,25,30). The number of ether oxygens (including phenoxy) is 1. The molecular weight excluding hydrogens is 408 g/mol. The summed E-state index contributed by atoms with van der Waals surface area (Å²) >= 11 is 0. The fraction of sp³-hybridized carbons (Fsp3) is 0.217. The van der Waals surface area contributed by atoms with Crippen LogP contribution in [0.2, 0.25) is 0 Å². The molecule has 164 valence electrons. The van der Waals surface area contributed by atoms with E-state index in [0.717, 1.165) is 22.4 Å². The Balaban J connectivity index is 1.52. The van der Waals surface area contributed by atoms with Gasteiger partial charge in [-0.3, -0.25) is 4.79 Å². The van der Waals surface area contributed by atoms with E-state index in [9.17, 15) is 4.79 Å². The predicted octanol–water partition coefficient (Wildman–Crippen LogP) is 3.75. The summed E-state index contributed by atoms with van der Waals surface area (Å²) in [4.78, 5) is 17.3. The summed E-state index contributed by atoms with van der Waals surface area (Å²) in [6.07, 6.45) is 0. The average molecular weight is 432 g/mol. The number of methoxy groups -OCH3 is 1. The van der Waals surface area contributed by atoms with Crippen molar-refractivity contribution >= 4 is 17.4 Å². The Morgan fingerprint density at radius 1 is 1.16 bits per heavy atom. The van der Waals surface area contributed by atoms with Gasteiger partial charge >= 0.3 is 0 Å². The van der Waals surface area contributed by atoms with Crippen LogP contribution in [0.1, 0.15) is 33.1 Å². The summed E-state index contributed by atoms with van der Waals surface area (Å²) in [6, 6.07) is 13.2. The molecule has 9 heteroatoms. The van der Waals surface area contributed by atoms with Crippen LogP contribution in [0.3, 0.4) is 0 Å². The number of nitrogens with one attached hydrogen (secondary N) is 1. The lowest BCUT2D eigenvalue weighted by Gasteiger charge is -2.08. The van der Waals surface area contributed by atoms with Gasteiger partial charge in [0, 0.05) is 11.3 Å². The van der Waals surface area contributed by atoms with Crippen molar-refractivity contribution in [1.82, 2.24) is 20.0 Å². The zero-order valence-corrected chi connectivity index (χ0v) is 18.3. The van der Waals surface area contributed by atoms with Crippen LogP contribution in [0.5, 0.6) is 5.75 Å². The molecule has 2 aromatic carbocycles. The number of carbonyl (C=O) groups excluding carboxylic acids is 1. The first-order chi connectivity index (χ1) is 15.4. The van der Waals surface area contributed by atoms with Gasteiger partial charge in [-0.1, -0.05) is 22.9 Å². The lowest BCUT2D eigenvalue weighted by atomic mass is 10.1. The predicted molar refractivity (Wildman–Crippen MR) is 121 cm³/mol. The molecule has 0 aliphatic carbocycles. The summed E-state index contributed by atoms with van der Waals surface area (Å²) < 4.78 is 12.4. The molecule has 0 bridgehead atoms. The van der Waals surface area contributed by atoms with E-state index in [2.05, 4.69) is 20.6 Å². The maximum absolute atomic E-state index is 12.7. The van der Waals surface area contributed by atoms with Gasteiger partial charge in [-0.05, 0) is 56.7 Å². The Bertz CT molecular complexity index is 1270. The molecule has 0 aliphatic heterocycles. The molecule has 0 aliphatic rings. The first kappa shape index (κ1) is 21.1. The van der Waals surface area contributed by atoms with Crippen LogP contribution in [0.25, 0.3) is 11.5 Å². The number of nitrogens with zero attached hydrogens (tertiary/aromatic N) is 4. The number of hydrogen-bond donors (Lipinski definition) is 2. The Morgan fingerprint density at radius 2 is 1.91 bits per heavy atom. The molecule has 1 amide bonds. The monoisotopic (exact) mass is 432 g/mol. The van der Waals surface area contributed by atoms with Crippen LogP contribution in [0.15, 0.2) is 46.9 Å². The van der Waals surface area contributed by atoms with Gasteiger partial charge in [0.25, 0.3) is 5.91 Å². The SMILES string of the molecule is COc1ccc(-c2nc(Cn3nnc(C(=O)Nc4ccc(C)cc4C)c3N)c(C)o2)cc1. The molecular formula is C23H24N6O3. The van der Waals surface area contributed by atoms with Crippen molar-refractivity contribution in [3.05, 3.63) is 70.7 Å². The highest BCUT2D eigenvalue weighted by Gasteiger charge is 2.20. The Morgan fingerprint density at radius 3 is 2.59 bits per heavy atom. The zero-order valence-electron chi connectivity index (χ0n) is 18.3. The lowest BCUT2D eigenvalue weighted by Crippen LogP contribution is -2.16. The second-order valence-corrected chi connectivity index (χ2v) is 7.50. The third kappa shape index (κ3) is 4.18. The topological polar surface area (TPSA) is 121 Å². The Hall–Kier alpha value is -4.14. The van der Waals surface area contributed by atoms with Crippen LogP contribution in [0, 0.1) is 20.8 Å². The van der Waals surface area contributed by atoms with E-state index in [0.29, 0.717) is 23.0 Å². The van der Waals surface area contributed by atoms with Crippen molar-refractivity contribution < 1.29 is 13.9 Å². The molecule has 0 radical (unpaired) electrons. The molecule has 2 aromatic heterocycles. The van der Waals surface area contributed by atoms with Gasteiger partial charge in [-0.2, -0.15) is 0 Å². The van der Waals surface area contributed by atoms with Crippen molar-refractivity contribution in [2.75, 3.05) is 18.2 Å². The molecule has 0 saturated heterocycles. The molecule has 0 spiro atoms. The highest BCUT2D eigenvalue weighted by atomic mass is 16.5. The molecule has 0 saturated carbocycles. The Labute approximate surface area is 185 Å². The molecule has 4 rings (SSSR count). The van der Waals surface area contributed by atoms with Gasteiger partial charge in [-0.15, -0.1) is 5.10 Å². The molecule has 3 N–H and O–H groups in total. The van der Waals surface area contributed by atoms with Gasteiger partial charge in [0.15, 0.2) is 11.5 Å². The molecule has 2 heterocycles. The maximum atomic E-state index is 12.7. The summed E-state index contributed by atoms with van der Waals surface area (Å²) in [5.41, 5.74) is 10.5. The van der Waals surface area contributed by atoms with Crippen molar-refractivity contribution in [2.45, 2.75) is 27.3 Å². The number of aromatic nitrogens is 4. The fourth-order valence-corrected chi connectivity index (χ4v) is 3.31. The minimum absolute atomic E-state index is 0.0569. The molecule has 0 unspecified atom stereocenters. The van der Waals surface area contributed by atoms with Gasteiger partial charge < -0.3 is 20.2 Å². The van der Waals surface area contributed by atoms with Gasteiger partial charge in [-0.25, -0.2) is 9.67 Å². The van der Waals surface area contributed by atoms with Crippen molar-refractivity contribution in [1.29, 1.82) is 0 Å². The fourth-order valence-electron chi connectivity index (χ4n) is 3.31. The van der Waals surface area contributed by atoms with E-state index in [-0.39, 0.29) is 18.1 Å². The van der Waals surface area contributed by atoms with Crippen molar-refractivity contribution in [3.8, 4) is 17.2 Å². The van der Waals surface area contributed by atoms with E-state index < -0.39 is 5.91 Å². The minimum Gasteiger partial charge on any atom is -0.497 e. The number of hydrogen-bond acceptors (Lipinski definition) is 7. The second-order valence-electron chi connectivity index (χ2n) is 7.50. The molecule has 9 nitrogen and oxygen atoms in total. The zero-order chi connectivity index (χ0) is 22.8. The molecule has 32 heavy (non-hydrogen) atoms. The highest BCUT2D eigenvalue weighted by molar-refractivity contribution is 6.06. The van der Waals surface area contributed by atoms with Gasteiger partial charge in [0.05, 0.1) is 13.7 Å². The van der Waals surface area contributed by atoms with Gasteiger partial charge in [0.2, 0.25) is 5.89 Å². The van der Waals surface area contributed by atoms with E-state index in [1.54, 1.807) is 7.11 Å². The number of amides is 1. The van der Waals surface area contributed by atoms with Crippen LogP contribution in [0.4, 0.5) is 11.5 Å². The smallest absolute Gasteiger partial charge is 0.280 e. The Kier molecular flexibility index (Phi) is 5.63. The minimum atomic E-state index is -0.420. The van der Waals surface area contributed by atoms with Crippen LogP contribution in [-0.4, -0.2) is 33.0 Å². The first-order valence-corrected chi connectivity index (χ1v) is 10.0. The number of oxazole rings is 1. The molecule has 0 atom stereocenters. The van der Waals surface area contributed by atoms with Crippen molar-refractivity contribution in [3.63, 3.8) is 0 Å². The van der Waals surface area contributed by atoms with E-state index in [1.165, 1.54) is 4.68 Å². The number of benzene rings is 2. The second kappa shape index (κ2) is 8.54. The van der Waals surface area contributed by atoms with E-state index >= 15 is 0 Å². The number of nitrogens with two attached hydrogens (primary N) is 1. The van der Waals surface area contributed by atoms with E-state index in [4.69, 9.17) is 14.9 Å². The number of rotatable bonds is 6. The summed E-state index contributed by atoms with van der Waals surface area (Å²) in [6.45, 7) is 5.96. The van der Waals surface area contributed by atoms with Crippen LogP contribution < -0.4 is 15.8 Å². The largest absolute Gasteiger partial charge is 0.497 e. The summed E-state index contributed by atoms with van der Waals surface area (Å²) in [5, 5.41) is 10.9. The van der Waals surface area contributed by atoms with Gasteiger partial charge in [0.1, 0.15) is 17.2 Å². The lowest BCUT2D eigenvalue weighted by molar-refractivity contribution is 0.102. The first-order valence-electron chi connectivity index (χ1n) is 10.0. The summed E-state index contributed by atoms with van der Waals surface area (Å²) in [7, 11) is 1.61. The summed E-state index contributed by atoms with van der Waals surface area (Å²) in [5.74, 6) is 1.59. The number of carbonyl (C=O) groups is 1. The van der Waals surface area contributed by atoms with E-state index in [1.807, 2.05) is 63.2 Å². The third-order valence-corrected chi connectivity index (χ3v) is 5.15. The number of nitrogen functional groups attached to an aromatic ring is 1. The maximum Gasteiger partial charge on any atom is 0.280 e. The molecule has 0 fully saturated rings. The van der Waals surface area contributed by atoms with Crippen LogP contribution >= 0.6 is 0 Å². The molecule has 4 aromatic rings. The number of aryl methyl sites for hydroxylation is 3. The quantitative estimate of drug-likeness (QED) is 0.476. The van der Waals surface area contributed by atoms with Crippen molar-refractivity contribution in [2.24, 2.45) is 0 Å². The third-order valence-electron chi connectivity index (χ3n) is 5.15. The normalized spacial score (nSPS) is 10.9. The number of anilines is 2. The highest BCUT2D eigenvalue weighted by Crippen LogP contribution is 2.25.